The molecule has 0 amide bonds. The van der Waals surface area contributed by atoms with E-state index in [4.69, 9.17) is 5.41 Å². The van der Waals surface area contributed by atoms with Gasteiger partial charge in [-0.2, -0.15) is 4.83 Å². The third-order valence-electron chi connectivity index (χ3n) is 0.927. The molecule has 0 aromatic rings. The smallest absolute Gasteiger partial charge is 0.135 e. The lowest BCUT2D eigenvalue weighted by Gasteiger charge is -2.06. The van der Waals surface area contributed by atoms with Crippen molar-refractivity contribution in [3.63, 3.8) is 0 Å². The topological polar surface area (TPSA) is 56.2 Å². The zero-order valence-electron chi connectivity index (χ0n) is 4.76. The Balaban J connectivity index is 2.29. The normalized spacial score (nSPS) is 20.7. The highest BCUT2D eigenvalue weighted by atomic mass is 32.2. The molecule has 4 nitrogen and oxygen atoms in total. The van der Waals surface area contributed by atoms with Crippen LogP contribution in [0.25, 0.3) is 0 Å². The Morgan fingerprint density at radius 3 is 3.22 bits per heavy atom. The Morgan fingerprint density at radius 1 is 2.00 bits per heavy atom. The van der Waals surface area contributed by atoms with E-state index in [-0.39, 0.29) is 0 Å². The van der Waals surface area contributed by atoms with E-state index in [9.17, 15) is 4.79 Å². The first-order valence-electron chi connectivity index (χ1n) is 2.51. The standard InChI is InChI=1S/C4H7N3OS/c5-4-3-7(1-2-8)6-9-4/h2,5-6H,1,3H2. The molecule has 9 heavy (non-hydrogen) atoms. The van der Waals surface area contributed by atoms with Gasteiger partial charge in [0.2, 0.25) is 0 Å². The van der Waals surface area contributed by atoms with Gasteiger partial charge in [-0.3, -0.25) is 5.41 Å². The highest BCUT2D eigenvalue weighted by Gasteiger charge is 2.14. The predicted molar refractivity (Wildman–Crippen MR) is 36.1 cm³/mol. The molecule has 0 aliphatic carbocycles. The summed E-state index contributed by atoms with van der Waals surface area (Å²) in [6, 6.07) is 0. The molecule has 1 fully saturated rings. The highest BCUT2D eigenvalue weighted by molar-refractivity contribution is 8.12. The lowest BCUT2D eigenvalue weighted by molar-refractivity contribution is -0.108. The number of carbonyl (C=O) groups excluding carboxylic acids is 1. The predicted octanol–water partition coefficient (Wildman–Crippen LogP) is -0.369. The molecule has 1 aliphatic rings. The number of nitrogens with one attached hydrogen (secondary N) is 2. The van der Waals surface area contributed by atoms with E-state index in [1.165, 1.54) is 11.9 Å². The van der Waals surface area contributed by atoms with Gasteiger partial charge in [0, 0.05) is 0 Å². The van der Waals surface area contributed by atoms with Crippen LogP contribution >= 0.6 is 11.9 Å². The molecule has 0 atom stereocenters. The molecule has 0 aromatic heterocycles. The van der Waals surface area contributed by atoms with Gasteiger partial charge in [0.1, 0.15) is 6.29 Å². The molecule has 0 saturated carbocycles. The first-order chi connectivity index (χ1) is 4.33. The number of aldehydes is 1. The van der Waals surface area contributed by atoms with Crippen LogP contribution < -0.4 is 4.83 Å². The molecule has 1 rings (SSSR count). The summed E-state index contributed by atoms with van der Waals surface area (Å²) in [6.45, 7) is 0.902. The molecule has 50 valence electrons. The van der Waals surface area contributed by atoms with Gasteiger partial charge in [0.15, 0.2) is 0 Å². The number of nitrogens with zero attached hydrogens (tertiary/aromatic N) is 1. The van der Waals surface area contributed by atoms with E-state index in [0.29, 0.717) is 18.1 Å². The summed E-state index contributed by atoms with van der Waals surface area (Å²) in [5.74, 6) is 0. The van der Waals surface area contributed by atoms with Crippen molar-refractivity contribution in [3.05, 3.63) is 0 Å². The third-order valence-corrected chi connectivity index (χ3v) is 1.65. The van der Waals surface area contributed by atoms with Crippen molar-refractivity contribution in [2.75, 3.05) is 13.1 Å². The maximum atomic E-state index is 9.91. The van der Waals surface area contributed by atoms with E-state index in [1.807, 2.05) is 0 Å². The molecule has 0 spiro atoms. The molecule has 2 N–H and O–H groups in total. The molecule has 0 unspecified atom stereocenters. The minimum absolute atomic E-state index is 0.357. The lowest BCUT2D eigenvalue weighted by Crippen LogP contribution is -2.30. The fraction of sp³-hybridized carbons (Fsp3) is 0.500. The lowest BCUT2D eigenvalue weighted by atomic mass is 10.6. The van der Waals surface area contributed by atoms with Crippen LogP contribution in [0.15, 0.2) is 0 Å². The molecule has 0 aromatic carbocycles. The van der Waals surface area contributed by atoms with Crippen LogP contribution in [0.5, 0.6) is 0 Å². The third kappa shape index (κ3) is 1.78. The second-order valence-electron chi connectivity index (χ2n) is 1.66. The van der Waals surface area contributed by atoms with Gasteiger partial charge in [0.05, 0.1) is 18.1 Å². The van der Waals surface area contributed by atoms with Crippen molar-refractivity contribution in [3.8, 4) is 0 Å². The number of carbonyl (C=O) groups is 1. The van der Waals surface area contributed by atoms with E-state index >= 15 is 0 Å². The van der Waals surface area contributed by atoms with Crippen molar-refractivity contribution >= 4 is 23.3 Å². The first kappa shape index (κ1) is 6.73. The molecular formula is C4H7N3OS. The molecule has 1 heterocycles. The average Bonchev–Trinajstić information content (AvgIpc) is 2.17. The Hall–Kier alpha value is -0.390. The monoisotopic (exact) mass is 145 g/mol. The van der Waals surface area contributed by atoms with Crippen LogP contribution in [0.1, 0.15) is 0 Å². The first-order valence-corrected chi connectivity index (χ1v) is 3.33. The average molecular weight is 145 g/mol. The van der Waals surface area contributed by atoms with Gasteiger partial charge >= 0.3 is 0 Å². The number of hydrogen-bond acceptors (Lipinski definition) is 5. The van der Waals surface area contributed by atoms with Crippen molar-refractivity contribution in [1.29, 1.82) is 5.41 Å². The second kappa shape index (κ2) is 2.95. The minimum atomic E-state index is 0.357. The van der Waals surface area contributed by atoms with Gasteiger partial charge in [-0.1, -0.05) is 0 Å². The number of hydrazine groups is 1. The number of rotatable bonds is 2. The molecular weight excluding hydrogens is 138 g/mol. The van der Waals surface area contributed by atoms with Gasteiger partial charge < -0.3 is 4.79 Å². The van der Waals surface area contributed by atoms with Gasteiger partial charge in [-0.15, -0.1) is 0 Å². The number of hydrogen-bond donors (Lipinski definition) is 2. The quantitative estimate of drug-likeness (QED) is 0.411. The summed E-state index contributed by atoms with van der Waals surface area (Å²) in [6.07, 6.45) is 0.812. The summed E-state index contributed by atoms with van der Waals surface area (Å²) >= 11 is 1.25. The molecule has 1 aliphatic heterocycles. The summed E-state index contributed by atoms with van der Waals surface area (Å²) in [5.41, 5.74) is 0. The molecule has 5 heteroatoms. The fourth-order valence-electron chi connectivity index (χ4n) is 0.549. The Kier molecular flexibility index (Phi) is 2.21. The second-order valence-corrected chi connectivity index (χ2v) is 2.54. The Morgan fingerprint density at radius 2 is 2.78 bits per heavy atom. The summed E-state index contributed by atoms with van der Waals surface area (Å²) < 4.78 is 0. The highest BCUT2D eigenvalue weighted by Crippen LogP contribution is 2.06. The van der Waals surface area contributed by atoms with Crippen LogP contribution in [0.2, 0.25) is 0 Å². The SMILES string of the molecule is N=C1CN(CC=O)NS1. The van der Waals surface area contributed by atoms with Crippen LogP contribution in [0.4, 0.5) is 0 Å². The Labute approximate surface area is 57.2 Å². The fourth-order valence-corrected chi connectivity index (χ4v) is 1.15. The van der Waals surface area contributed by atoms with E-state index in [2.05, 4.69) is 4.83 Å². The van der Waals surface area contributed by atoms with E-state index < -0.39 is 0 Å². The Bertz CT molecular complexity index is 138. The largest absolute Gasteiger partial charge is 0.302 e. The molecule has 1 saturated heterocycles. The van der Waals surface area contributed by atoms with Gasteiger partial charge in [0.25, 0.3) is 0 Å². The van der Waals surface area contributed by atoms with Crippen molar-refractivity contribution < 1.29 is 4.79 Å². The summed E-state index contributed by atoms with van der Waals surface area (Å²) in [5, 5.41) is 9.33. The van der Waals surface area contributed by atoms with E-state index in [1.54, 1.807) is 5.01 Å². The maximum Gasteiger partial charge on any atom is 0.135 e. The van der Waals surface area contributed by atoms with Crippen molar-refractivity contribution in [2.24, 2.45) is 0 Å². The van der Waals surface area contributed by atoms with Crippen molar-refractivity contribution in [2.45, 2.75) is 0 Å². The van der Waals surface area contributed by atoms with Gasteiger partial charge in [-0.05, 0) is 11.9 Å². The van der Waals surface area contributed by atoms with Crippen LogP contribution in [0, 0.1) is 5.41 Å². The van der Waals surface area contributed by atoms with Crippen LogP contribution in [-0.2, 0) is 4.79 Å². The summed E-state index contributed by atoms with van der Waals surface area (Å²) in [7, 11) is 0. The van der Waals surface area contributed by atoms with Crippen LogP contribution in [-0.4, -0.2) is 29.4 Å². The molecule has 0 bridgehead atoms. The summed E-state index contributed by atoms with van der Waals surface area (Å²) in [4.78, 5) is 12.7. The maximum absolute atomic E-state index is 9.91. The minimum Gasteiger partial charge on any atom is -0.302 e. The zero-order chi connectivity index (χ0) is 6.69. The van der Waals surface area contributed by atoms with Crippen molar-refractivity contribution in [1.82, 2.24) is 9.84 Å². The van der Waals surface area contributed by atoms with E-state index in [0.717, 1.165) is 6.29 Å². The molecule has 0 radical (unpaired) electrons. The van der Waals surface area contributed by atoms with Crippen LogP contribution in [0.3, 0.4) is 0 Å². The zero-order valence-corrected chi connectivity index (χ0v) is 5.57. The van der Waals surface area contributed by atoms with Gasteiger partial charge in [-0.25, -0.2) is 5.01 Å².